The second kappa shape index (κ2) is 5.82. The molecule has 0 saturated carbocycles. The Labute approximate surface area is 84.0 Å². The first-order chi connectivity index (χ1) is 6.74. The van der Waals surface area contributed by atoms with Gasteiger partial charge < -0.3 is 20.1 Å². The minimum absolute atomic E-state index is 0.0618. The van der Waals surface area contributed by atoms with Crippen LogP contribution in [0.4, 0.5) is 4.79 Å². The highest BCUT2D eigenvalue weighted by atomic mass is 16.6. The molecule has 1 saturated heterocycles. The second-order valence-electron chi connectivity index (χ2n) is 3.52. The summed E-state index contributed by atoms with van der Waals surface area (Å²) in [5.41, 5.74) is 0. The van der Waals surface area contributed by atoms with E-state index in [1.165, 1.54) is 6.42 Å². The summed E-state index contributed by atoms with van der Waals surface area (Å²) in [6.07, 6.45) is 1.87. The van der Waals surface area contributed by atoms with E-state index in [0.29, 0.717) is 12.6 Å². The largest absolute Gasteiger partial charge is 0.447 e. The molecule has 0 spiro atoms. The smallest absolute Gasteiger partial charge is 0.407 e. The highest BCUT2D eigenvalue weighted by molar-refractivity contribution is 5.67. The number of amides is 1. The molecule has 0 radical (unpaired) electrons. The van der Waals surface area contributed by atoms with Crippen molar-refractivity contribution in [2.45, 2.75) is 18.9 Å². The zero-order chi connectivity index (χ0) is 10.4. The van der Waals surface area contributed by atoms with Crippen LogP contribution in [0.1, 0.15) is 12.8 Å². The van der Waals surface area contributed by atoms with Gasteiger partial charge in [-0.1, -0.05) is 0 Å². The Balaban J connectivity index is 2.10. The minimum atomic E-state index is -0.445. The topological polar surface area (TPSA) is 61.8 Å². The first kappa shape index (κ1) is 11.3. The average Bonchev–Trinajstić information content (AvgIpc) is 2.58. The van der Waals surface area contributed by atoms with Crippen molar-refractivity contribution in [3.63, 3.8) is 0 Å². The SMILES string of the molecule is CN1CCCC1CNC(=O)OCCO. The summed E-state index contributed by atoms with van der Waals surface area (Å²) in [6.45, 7) is 1.65. The zero-order valence-electron chi connectivity index (χ0n) is 8.53. The molecule has 1 unspecified atom stereocenters. The zero-order valence-corrected chi connectivity index (χ0v) is 8.53. The fraction of sp³-hybridized carbons (Fsp3) is 0.889. The first-order valence-electron chi connectivity index (χ1n) is 4.95. The molecule has 1 fully saturated rings. The monoisotopic (exact) mass is 202 g/mol. The van der Waals surface area contributed by atoms with Gasteiger partial charge in [0.2, 0.25) is 0 Å². The molecule has 2 N–H and O–H groups in total. The number of likely N-dealkylation sites (N-methyl/N-ethyl adjacent to an activating group) is 1. The van der Waals surface area contributed by atoms with E-state index in [9.17, 15) is 4.79 Å². The van der Waals surface area contributed by atoms with Gasteiger partial charge in [-0.2, -0.15) is 0 Å². The molecule has 1 atom stereocenters. The highest BCUT2D eigenvalue weighted by Gasteiger charge is 2.21. The van der Waals surface area contributed by atoms with Gasteiger partial charge in [-0.15, -0.1) is 0 Å². The fourth-order valence-electron chi connectivity index (χ4n) is 1.63. The Morgan fingerprint density at radius 2 is 2.50 bits per heavy atom. The van der Waals surface area contributed by atoms with E-state index in [-0.39, 0.29) is 13.2 Å². The number of carbonyl (C=O) groups is 1. The minimum Gasteiger partial charge on any atom is -0.447 e. The average molecular weight is 202 g/mol. The summed E-state index contributed by atoms with van der Waals surface area (Å²) in [5.74, 6) is 0. The summed E-state index contributed by atoms with van der Waals surface area (Å²) in [6, 6.07) is 0.427. The number of hydrogen-bond donors (Lipinski definition) is 2. The van der Waals surface area contributed by atoms with Crippen LogP contribution >= 0.6 is 0 Å². The fourth-order valence-corrected chi connectivity index (χ4v) is 1.63. The number of nitrogens with zero attached hydrogens (tertiary/aromatic N) is 1. The number of rotatable bonds is 4. The van der Waals surface area contributed by atoms with E-state index in [1.54, 1.807) is 0 Å². The molecule has 0 aliphatic carbocycles. The Bertz CT molecular complexity index is 187. The number of nitrogens with one attached hydrogen (secondary N) is 1. The first-order valence-corrected chi connectivity index (χ1v) is 4.95. The highest BCUT2D eigenvalue weighted by Crippen LogP contribution is 2.13. The van der Waals surface area contributed by atoms with E-state index >= 15 is 0 Å². The van der Waals surface area contributed by atoms with Crippen molar-refractivity contribution in [2.75, 3.05) is 33.4 Å². The summed E-state index contributed by atoms with van der Waals surface area (Å²) >= 11 is 0. The molecule has 1 amide bonds. The van der Waals surface area contributed by atoms with Crippen LogP contribution in [0.3, 0.4) is 0 Å². The number of alkyl carbamates (subject to hydrolysis) is 1. The maximum atomic E-state index is 11.0. The van der Waals surface area contributed by atoms with Crippen molar-refractivity contribution in [3.8, 4) is 0 Å². The Hall–Kier alpha value is -0.810. The lowest BCUT2D eigenvalue weighted by Gasteiger charge is -2.19. The number of aliphatic hydroxyl groups is 1. The molecular weight excluding hydrogens is 184 g/mol. The predicted octanol–water partition coefficient (Wildman–Crippen LogP) is -0.201. The van der Waals surface area contributed by atoms with Crippen LogP contribution in [0.25, 0.3) is 0 Å². The lowest BCUT2D eigenvalue weighted by atomic mass is 10.2. The molecule has 1 aliphatic heterocycles. The van der Waals surface area contributed by atoms with Crippen molar-refractivity contribution >= 4 is 6.09 Å². The van der Waals surface area contributed by atoms with Crippen molar-refractivity contribution in [1.29, 1.82) is 0 Å². The van der Waals surface area contributed by atoms with Crippen molar-refractivity contribution in [3.05, 3.63) is 0 Å². The third-order valence-electron chi connectivity index (χ3n) is 2.48. The normalized spacial score (nSPS) is 22.3. The Morgan fingerprint density at radius 1 is 1.71 bits per heavy atom. The third kappa shape index (κ3) is 3.51. The molecule has 0 aromatic heterocycles. The van der Waals surface area contributed by atoms with Crippen LogP contribution in [-0.4, -0.2) is 55.5 Å². The molecule has 0 aromatic carbocycles. The standard InChI is InChI=1S/C9H18N2O3/c1-11-4-2-3-8(11)7-10-9(13)14-6-5-12/h8,12H,2-7H2,1H3,(H,10,13). The van der Waals surface area contributed by atoms with Crippen LogP contribution in [0, 0.1) is 0 Å². The van der Waals surface area contributed by atoms with Gasteiger partial charge in [0.1, 0.15) is 6.61 Å². The summed E-state index contributed by atoms with van der Waals surface area (Å²) in [5, 5.41) is 11.1. The van der Waals surface area contributed by atoms with Crippen LogP contribution < -0.4 is 5.32 Å². The van der Waals surface area contributed by atoms with Crippen LogP contribution in [-0.2, 0) is 4.74 Å². The molecule has 5 nitrogen and oxygen atoms in total. The van der Waals surface area contributed by atoms with Gasteiger partial charge in [-0.05, 0) is 26.4 Å². The number of aliphatic hydroxyl groups excluding tert-OH is 1. The van der Waals surface area contributed by atoms with Crippen molar-refractivity contribution in [2.24, 2.45) is 0 Å². The number of hydrogen-bond acceptors (Lipinski definition) is 4. The number of ether oxygens (including phenoxy) is 1. The van der Waals surface area contributed by atoms with Gasteiger partial charge >= 0.3 is 6.09 Å². The number of carbonyl (C=O) groups excluding carboxylic acids is 1. The molecule has 0 bridgehead atoms. The van der Waals surface area contributed by atoms with E-state index in [2.05, 4.69) is 22.0 Å². The van der Waals surface area contributed by atoms with Gasteiger partial charge in [0.05, 0.1) is 6.61 Å². The van der Waals surface area contributed by atoms with Crippen LogP contribution in [0.2, 0.25) is 0 Å². The van der Waals surface area contributed by atoms with Gasteiger partial charge in [-0.3, -0.25) is 0 Å². The Kier molecular flexibility index (Phi) is 4.69. The van der Waals surface area contributed by atoms with Crippen LogP contribution in [0.5, 0.6) is 0 Å². The molecule has 0 aromatic rings. The van der Waals surface area contributed by atoms with E-state index in [4.69, 9.17) is 5.11 Å². The quantitative estimate of drug-likeness (QED) is 0.662. The molecule has 5 heteroatoms. The maximum Gasteiger partial charge on any atom is 0.407 e. The maximum absolute atomic E-state index is 11.0. The van der Waals surface area contributed by atoms with E-state index in [0.717, 1.165) is 13.0 Å². The van der Waals surface area contributed by atoms with E-state index in [1.807, 2.05) is 0 Å². The van der Waals surface area contributed by atoms with Gasteiger partial charge in [0.25, 0.3) is 0 Å². The third-order valence-corrected chi connectivity index (χ3v) is 2.48. The predicted molar refractivity (Wildman–Crippen MR) is 52.1 cm³/mol. The van der Waals surface area contributed by atoms with Gasteiger partial charge in [-0.25, -0.2) is 4.79 Å². The summed E-state index contributed by atoms with van der Waals surface area (Å²) < 4.78 is 4.67. The molecule has 82 valence electrons. The molecule has 1 rings (SSSR count). The Morgan fingerprint density at radius 3 is 3.07 bits per heavy atom. The molecular formula is C9H18N2O3. The van der Waals surface area contributed by atoms with Crippen molar-refractivity contribution in [1.82, 2.24) is 10.2 Å². The lowest BCUT2D eigenvalue weighted by Crippen LogP contribution is -2.38. The van der Waals surface area contributed by atoms with Crippen LogP contribution in [0.15, 0.2) is 0 Å². The second-order valence-corrected chi connectivity index (χ2v) is 3.52. The van der Waals surface area contributed by atoms with Gasteiger partial charge in [0.15, 0.2) is 0 Å². The van der Waals surface area contributed by atoms with Gasteiger partial charge in [0, 0.05) is 12.6 Å². The van der Waals surface area contributed by atoms with Crippen molar-refractivity contribution < 1.29 is 14.6 Å². The molecule has 14 heavy (non-hydrogen) atoms. The molecule has 1 aliphatic rings. The van der Waals surface area contributed by atoms with E-state index < -0.39 is 6.09 Å². The number of likely N-dealkylation sites (tertiary alicyclic amines) is 1. The lowest BCUT2D eigenvalue weighted by molar-refractivity contribution is 0.117. The summed E-state index contributed by atoms with van der Waals surface area (Å²) in [4.78, 5) is 13.2. The molecule has 1 heterocycles. The summed E-state index contributed by atoms with van der Waals surface area (Å²) in [7, 11) is 2.05.